The maximum atomic E-state index is 14.6. The largest absolute Gasteiger partial charge is 0.206 e. The van der Waals surface area contributed by atoms with Crippen molar-refractivity contribution in [3.05, 3.63) is 94.8 Å². The Hall–Kier alpha value is -2.41. The molecular weight excluding hydrogens is 355 g/mol. The van der Waals surface area contributed by atoms with Crippen molar-refractivity contribution in [2.45, 2.75) is 65.2 Å². The molecule has 0 aliphatic heterocycles. The third-order valence-corrected chi connectivity index (χ3v) is 5.63. The second kappa shape index (κ2) is 11.0. The zero-order valence-corrected chi connectivity index (χ0v) is 17.9. The fourth-order valence-corrected chi connectivity index (χ4v) is 3.83. The molecule has 0 spiro atoms. The Bertz CT molecular complexity index is 875. The third-order valence-electron chi connectivity index (χ3n) is 5.63. The summed E-state index contributed by atoms with van der Waals surface area (Å²) in [5, 5.41) is 0. The number of aryl methyl sites for hydroxylation is 4. The lowest BCUT2D eigenvalue weighted by Gasteiger charge is -2.08. The molecule has 0 saturated carbocycles. The van der Waals surface area contributed by atoms with Crippen molar-refractivity contribution in [3.63, 3.8) is 0 Å². The van der Waals surface area contributed by atoms with Crippen LogP contribution < -0.4 is 0 Å². The first kappa shape index (κ1) is 21.3. The minimum Gasteiger partial charge on any atom is -0.206 e. The molecule has 3 aromatic rings. The van der Waals surface area contributed by atoms with Gasteiger partial charge in [-0.05, 0) is 66.0 Å². The first-order valence-corrected chi connectivity index (χ1v) is 11.1. The van der Waals surface area contributed by atoms with E-state index in [1.165, 1.54) is 36.0 Å². The molecule has 152 valence electrons. The summed E-state index contributed by atoms with van der Waals surface area (Å²) in [6, 6.07) is 23.1. The average Bonchev–Trinajstić information content (AvgIpc) is 2.74. The van der Waals surface area contributed by atoms with Gasteiger partial charge in [0.1, 0.15) is 5.82 Å². The monoisotopic (exact) mass is 388 g/mol. The van der Waals surface area contributed by atoms with Gasteiger partial charge in [-0.1, -0.05) is 93.8 Å². The number of hydrogen-bond acceptors (Lipinski definition) is 0. The summed E-state index contributed by atoms with van der Waals surface area (Å²) in [6.07, 6.45) is 8.87. The van der Waals surface area contributed by atoms with Crippen LogP contribution in [0.3, 0.4) is 0 Å². The van der Waals surface area contributed by atoms with E-state index in [0.717, 1.165) is 43.2 Å². The topological polar surface area (TPSA) is 0 Å². The molecule has 0 N–H and O–H groups in total. The van der Waals surface area contributed by atoms with Crippen molar-refractivity contribution in [1.29, 1.82) is 0 Å². The van der Waals surface area contributed by atoms with Gasteiger partial charge in [0, 0.05) is 5.56 Å². The number of unbranched alkanes of at least 4 members (excludes halogenated alkanes) is 2. The number of hydrogen-bond donors (Lipinski definition) is 0. The molecule has 0 atom stereocenters. The van der Waals surface area contributed by atoms with Crippen molar-refractivity contribution < 1.29 is 4.39 Å². The number of rotatable bonds is 10. The van der Waals surface area contributed by atoms with Crippen molar-refractivity contribution in [2.24, 2.45) is 0 Å². The van der Waals surface area contributed by atoms with Gasteiger partial charge in [-0.15, -0.1) is 0 Å². The summed E-state index contributed by atoms with van der Waals surface area (Å²) >= 11 is 0. The molecule has 0 aromatic heterocycles. The van der Waals surface area contributed by atoms with Crippen LogP contribution in [0.1, 0.15) is 61.8 Å². The fourth-order valence-electron chi connectivity index (χ4n) is 3.83. The van der Waals surface area contributed by atoms with E-state index in [-0.39, 0.29) is 5.82 Å². The van der Waals surface area contributed by atoms with E-state index in [0.29, 0.717) is 5.56 Å². The van der Waals surface area contributed by atoms with Crippen LogP contribution in [-0.2, 0) is 25.7 Å². The van der Waals surface area contributed by atoms with E-state index >= 15 is 0 Å². The van der Waals surface area contributed by atoms with Gasteiger partial charge >= 0.3 is 0 Å². The summed E-state index contributed by atoms with van der Waals surface area (Å²) < 4.78 is 14.6. The van der Waals surface area contributed by atoms with Crippen molar-refractivity contribution in [2.75, 3.05) is 0 Å². The van der Waals surface area contributed by atoms with E-state index in [9.17, 15) is 4.39 Å². The summed E-state index contributed by atoms with van der Waals surface area (Å²) in [5.41, 5.74) is 6.83. The lowest BCUT2D eigenvalue weighted by atomic mass is 9.98. The number of benzene rings is 3. The van der Waals surface area contributed by atoms with E-state index in [2.05, 4.69) is 68.4 Å². The molecule has 0 radical (unpaired) electrons. The van der Waals surface area contributed by atoms with Gasteiger partial charge in [-0.25, -0.2) is 4.39 Å². The number of halogens is 1. The van der Waals surface area contributed by atoms with Crippen LogP contribution in [0.5, 0.6) is 0 Å². The van der Waals surface area contributed by atoms with Gasteiger partial charge in [0.05, 0.1) is 0 Å². The summed E-state index contributed by atoms with van der Waals surface area (Å²) in [6.45, 7) is 4.40. The second-order valence-electron chi connectivity index (χ2n) is 8.03. The van der Waals surface area contributed by atoms with Gasteiger partial charge in [0.2, 0.25) is 0 Å². The molecule has 0 heterocycles. The van der Waals surface area contributed by atoms with Crippen LogP contribution in [0.2, 0.25) is 0 Å². The van der Waals surface area contributed by atoms with Crippen LogP contribution in [0.15, 0.2) is 66.7 Å². The summed E-state index contributed by atoms with van der Waals surface area (Å²) in [7, 11) is 0. The highest BCUT2D eigenvalue weighted by molar-refractivity contribution is 5.64. The first-order chi connectivity index (χ1) is 14.2. The molecule has 29 heavy (non-hydrogen) atoms. The van der Waals surface area contributed by atoms with Gasteiger partial charge in [0.15, 0.2) is 0 Å². The molecule has 0 aliphatic carbocycles. The lowest BCUT2D eigenvalue weighted by molar-refractivity contribution is 0.626. The molecule has 0 unspecified atom stereocenters. The Labute approximate surface area is 175 Å². The Balaban J connectivity index is 1.59. The normalized spacial score (nSPS) is 11.0. The lowest BCUT2D eigenvalue weighted by Crippen LogP contribution is -1.93. The summed E-state index contributed by atoms with van der Waals surface area (Å²) in [5.74, 6) is -0.112. The minimum absolute atomic E-state index is 0.112. The van der Waals surface area contributed by atoms with Gasteiger partial charge in [-0.2, -0.15) is 0 Å². The van der Waals surface area contributed by atoms with E-state index in [1.807, 2.05) is 6.07 Å². The highest BCUT2D eigenvalue weighted by Gasteiger charge is 2.07. The third kappa shape index (κ3) is 6.29. The Kier molecular flexibility index (Phi) is 8.04. The van der Waals surface area contributed by atoms with Crippen molar-refractivity contribution in [1.82, 2.24) is 0 Å². The Morgan fingerprint density at radius 2 is 1.10 bits per heavy atom. The van der Waals surface area contributed by atoms with Crippen LogP contribution in [0.4, 0.5) is 4.39 Å². The SMILES string of the molecule is CCCCCc1ccc(-c2ccc(CCc3ccc(CCC)cc3)cc2)c(F)c1. The highest BCUT2D eigenvalue weighted by Crippen LogP contribution is 2.25. The molecule has 0 nitrogen and oxygen atoms in total. The van der Waals surface area contributed by atoms with Crippen molar-refractivity contribution >= 4 is 0 Å². The molecule has 1 heteroatoms. The Morgan fingerprint density at radius 3 is 1.66 bits per heavy atom. The van der Waals surface area contributed by atoms with Crippen LogP contribution >= 0.6 is 0 Å². The Morgan fingerprint density at radius 1 is 0.552 bits per heavy atom. The second-order valence-corrected chi connectivity index (χ2v) is 8.03. The van der Waals surface area contributed by atoms with E-state index in [1.54, 1.807) is 6.07 Å². The van der Waals surface area contributed by atoms with E-state index in [4.69, 9.17) is 0 Å². The van der Waals surface area contributed by atoms with Gasteiger partial charge in [0.25, 0.3) is 0 Å². The molecule has 0 bridgehead atoms. The van der Waals surface area contributed by atoms with Crippen molar-refractivity contribution in [3.8, 4) is 11.1 Å². The molecule has 0 amide bonds. The highest BCUT2D eigenvalue weighted by atomic mass is 19.1. The molecule has 3 aromatic carbocycles. The molecule has 0 fully saturated rings. The van der Waals surface area contributed by atoms with Crippen LogP contribution in [0, 0.1) is 5.82 Å². The van der Waals surface area contributed by atoms with Crippen LogP contribution in [0.25, 0.3) is 11.1 Å². The zero-order valence-electron chi connectivity index (χ0n) is 17.9. The predicted molar refractivity (Wildman–Crippen MR) is 123 cm³/mol. The fraction of sp³-hybridized carbons (Fsp3) is 0.357. The quantitative estimate of drug-likeness (QED) is 0.309. The van der Waals surface area contributed by atoms with Gasteiger partial charge < -0.3 is 0 Å². The smallest absolute Gasteiger partial charge is 0.131 e. The van der Waals surface area contributed by atoms with Gasteiger partial charge in [-0.3, -0.25) is 0 Å². The zero-order chi connectivity index (χ0) is 20.5. The first-order valence-electron chi connectivity index (χ1n) is 11.1. The maximum absolute atomic E-state index is 14.6. The predicted octanol–water partition coefficient (Wildman–Crippen LogP) is 7.96. The molecule has 0 saturated heterocycles. The average molecular weight is 389 g/mol. The van der Waals surface area contributed by atoms with Crippen LogP contribution in [-0.4, -0.2) is 0 Å². The van der Waals surface area contributed by atoms with E-state index < -0.39 is 0 Å². The maximum Gasteiger partial charge on any atom is 0.131 e. The molecule has 0 aliphatic rings. The molecular formula is C28H33F. The molecule has 3 rings (SSSR count). The summed E-state index contributed by atoms with van der Waals surface area (Å²) in [4.78, 5) is 0. The standard InChI is InChI=1S/C28H33F/c1-3-5-6-8-25-17-20-27(28(29)21-25)26-18-15-24(16-19-26)14-13-23-11-9-22(7-4-2)10-12-23/h9-12,15-21H,3-8,13-14H2,1-2H3. The minimum atomic E-state index is -0.112.